The second-order valence-corrected chi connectivity index (χ2v) is 6.06. The van der Waals surface area contributed by atoms with Gasteiger partial charge < -0.3 is 10.4 Å². The third kappa shape index (κ3) is 3.06. The highest BCUT2D eigenvalue weighted by molar-refractivity contribution is 5.79. The highest BCUT2D eigenvalue weighted by Gasteiger charge is 2.31. The molecule has 0 saturated heterocycles. The molecule has 1 fully saturated rings. The lowest BCUT2D eigenvalue weighted by molar-refractivity contribution is -0.143. The van der Waals surface area contributed by atoms with E-state index in [-0.39, 0.29) is 23.8 Å². The third-order valence-electron chi connectivity index (χ3n) is 4.61. The fraction of sp³-hybridized carbons (Fsp3) is 0.714. The first-order chi connectivity index (χ1) is 10.1. The average Bonchev–Trinajstić information content (AvgIpc) is 2.94. The van der Waals surface area contributed by atoms with E-state index < -0.39 is 5.97 Å². The van der Waals surface area contributed by atoms with E-state index in [9.17, 15) is 9.59 Å². The molecule has 3 N–H and O–H groups in total. The van der Waals surface area contributed by atoms with Gasteiger partial charge in [-0.2, -0.15) is 15.4 Å². The largest absolute Gasteiger partial charge is 0.481 e. The normalized spacial score (nSPS) is 28.7. The van der Waals surface area contributed by atoms with Crippen LogP contribution in [0.25, 0.3) is 0 Å². The second-order valence-electron chi connectivity index (χ2n) is 6.06. The second kappa shape index (κ2) is 5.83. The molecule has 1 aromatic rings. The molecule has 1 saturated carbocycles. The number of rotatable bonds is 3. The van der Waals surface area contributed by atoms with E-state index in [1.54, 1.807) is 0 Å². The van der Waals surface area contributed by atoms with Crippen molar-refractivity contribution in [2.24, 2.45) is 11.8 Å². The number of aromatic amines is 1. The van der Waals surface area contributed by atoms with Crippen molar-refractivity contribution in [2.75, 3.05) is 0 Å². The molecule has 1 heterocycles. The van der Waals surface area contributed by atoms with Crippen molar-refractivity contribution in [3.05, 3.63) is 11.4 Å². The van der Waals surface area contributed by atoms with Gasteiger partial charge in [0.05, 0.1) is 17.3 Å². The summed E-state index contributed by atoms with van der Waals surface area (Å²) in [5, 5.41) is 22.9. The topological polar surface area (TPSA) is 108 Å². The summed E-state index contributed by atoms with van der Waals surface area (Å²) in [7, 11) is 0. The number of amides is 1. The van der Waals surface area contributed by atoms with Gasteiger partial charge >= 0.3 is 5.97 Å². The molecule has 0 aliphatic heterocycles. The van der Waals surface area contributed by atoms with Gasteiger partial charge in [-0.25, -0.2) is 0 Å². The van der Waals surface area contributed by atoms with Gasteiger partial charge in [0.2, 0.25) is 5.91 Å². The Morgan fingerprint density at radius 3 is 2.76 bits per heavy atom. The lowest BCUT2D eigenvalue weighted by Gasteiger charge is -2.29. The summed E-state index contributed by atoms with van der Waals surface area (Å²) >= 11 is 0. The Bertz CT molecular complexity index is 542. The summed E-state index contributed by atoms with van der Waals surface area (Å²) < 4.78 is 0. The minimum Gasteiger partial charge on any atom is -0.481 e. The molecule has 3 rings (SSSR count). The predicted molar refractivity (Wildman–Crippen MR) is 73.4 cm³/mol. The summed E-state index contributed by atoms with van der Waals surface area (Å²) in [6, 6.07) is -0.00828. The smallest absolute Gasteiger partial charge is 0.306 e. The van der Waals surface area contributed by atoms with E-state index in [1.807, 2.05) is 0 Å². The Labute approximate surface area is 122 Å². The van der Waals surface area contributed by atoms with Crippen LogP contribution in [0, 0.1) is 11.8 Å². The number of fused-ring (bicyclic) bond motifs is 1. The number of carbonyl (C=O) groups is 2. The van der Waals surface area contributed by atoms with Gasteiger partial charge in [0.15, 0.2) is 0 Å². The van der Waals surface area contributed by atoms with Gasteiger partial charge in [0, 0.05) is 18.4 Å². The molecule has 3 atom stereocenters. The van der Waals surface area contributed by atoms with Crippen LogP contribution in [0.1, 0.15) is 43.5 Å². The molecule has 2 aliphatic carbocycles. The Kier molecular flexibility index (Phi) is 3.90. The maximum absolute atomic E-state index is 12.4. The van der Waals surface area contributed by atoms with Crippen molar-refractivity contribution >= 4 is 11.9 Å². The molecule has 0 spiro atoms. The Morgan fingerprint density at radius 1 is 1.14 bits per heavy atom. The molecule has 0 radical (unpaired) electrons. The van der Waals surface area contributed by atoms with Crippen LogP contribution in [0.4, 0.5) is 0 Å². The highest BCUT2D eigenvalue weighted by atomic mass is 16.4. The first-order valence-corrected chi connectivity index (χ1v) is 7.55. The standard InChI is InChI=1S/C14H20N4O3/c19-13(8-4-5-11-12(7-8)17-18-16-11)15-10-3-1-2-9(6-10)14(20)21/h8-10H,1-7H2,(H,15,19)(H,20,21)(H,16,17,18). The van der Waals surface area contributed by atoms with E-state index in [0.29, 0.717) is 19.3 Å². The summed E-state index contributed by atoms with van der Waals surface area (Å²) in [5.41, 5.74) is 1.84. The minimum atomic E-state index is -0.751. The molecule has 0 bridgehead atoms. The van der Waals surface area contributed by atoms with Crippen molar-refractivity contribution < 1.29 is 14.7 Å². The van der Waals surface area contributed by atoms with Crippen LogP contribution in [-0.4, -0.2) is 38.4 Å². The van der Waals surface area contributed by atoms with Crippen molar-refractivity contribution in [3.63, 3.8) is 0 Å². The number of carboxylic acids is 1. The van der Waals surface area contributed by atoms with Crippen LogP contribution in [-0.2, 0) is 22.4 Å². The average molecular weight is 292 g/mol. The van der Waals surface area contributed by atoms with Crippen molar-refractivity contribution in [3.8, 4) is 0 Å². The van der Waals surface area contributed by atoms with Gasteiger partial charge in [-0.1, -0.05) is 6.42 Å². The molecule has 114 valence electrons. The number of hydrogen-bond acceptors (Lipinski definition) is 4. The fourth-order valence-corrected chi connectivity index (χ4v) is 3.37. The van der Waals surface area contributed by atoms with E-state index in [2.05, 4.69) is 20.7 Å². The van der Waals surface area contributed by atoms with Crippen LogP contribution in [0.3, 0.4) is 0 Å². The van der Waals surface area contributed by atoms with Gasteiger partial charge in [-0.05, 0) is 32.1 Å². The van der Waals surface area contributed by atoms with Crippen molar-refractivity contribution in [2.45, 2.75) is 51.0 Å². The first-order valence-electron chi connectivity index (χ1n) is 7.55. The molecule has 1 aromatic heterocycles. The molecule has 1 amide bonds. The molecule has 21 heavy (non-hydrogen) atoms. The van der Waals surface area contributed by atoms with Gasteiger partial charge in [-0.3, -0.25) is 9.59 Å². The number of aryl methyl sites for hydroxylation is 1. The molecular weight excluding hydrogens is 272 g/mol. The van der Waals surface area contributed by atoms with E-state index in [0.717, 1.165) is 37.1 Å². The zero-order valence-electron chi connectivity index (χ0n) is 11.8. The maximum atomic E-state index is 12.4. The lowest BCUT2D eigenvalue weighted by atomic mass is 9.84. The Hall–Kier alpha value is -1.92. The quantitative estimate of drug-likeness (QED) is 0.759. The number of nitrogens with one attached hydrogen (secondary N) is 2. The van der Waals surface area contributed by atoms with Crippen molar-refractivity contribution in [1.82, 2.24) is 20.7 Å². The summed E-state index contributed by atoms with van der Waals surface area (Å²) in [6.45, 7) is 0. The monoisotopic (exact) mass is 292 g/mol. The third-order valence-corrected chi connectivity index (χ3v) is 4.61. The molecule has 7 nitrogen and oxygen atoms in total. The molecule has 2 aliphatic rings. The molecule has 3 unspecified atom stereocenters. The minimum absolute atomic E-state index is 0.00828. The number of carboxylic acid groups (broad SMARTS) is 1. The van der Waals surface area contributed by atoms with Crippen molar-refractivity contribution in [1.29, 1.82) is 0 Å². The van der Waals surface area contributed by atoms with Gasteiger partial charge in [0.1, 0.15) is 0 Å². The van der Waals surface area contributed by atoms with Gasteiger partial charge in [-0.15, -0.1) is 0 Å². The van der Waals surface area contributed by atoms with Crippen LogP contribution >= 0.6 is 0 Å². The van der Waals surface area contributed by atoms with E-state index in [1.165, 1.54) is 0 Å². The predicted octanol–water partition coefficient (Wildman–Crippen LogP) is 0.669. The van der Waals surface area contributed by atoms with Crippen LogP contribution in [0.5, 0.6) is 0 Å². The first kappa shape index (κ1) is 14.0. The van der Waals surface area contributed by atoms with Crippen LogP contribution in [0.2, 0.25) is 0 Å². The number of H-pyrrole nitrogens is 1. The number of nitrogens with zero attached hydrogens (tertiary/aromatic N) is 2. The summed E-state index contributed by atoms with van der Waals surface area (Å²) in [5.74, 6) is -1.12. The zero-order chi connectivity index (χ0) is 14.8. The number of aliphatic carboxylic acids is 1. The van der Waals surface area contributed by atoms with Gasteiger partial charge in [0.25, 0.3) is 0 Å². The Morgan fingerprint density at radius 2 is 1.95 bits per heavy atom. The molecule has 0 aromatic carbocycles. The number of carbonyl (C=O) groups excluding carboxylic acids is 1. The lowest BCUT2D eigenvalue weighted by Crippen LogP contribution is -2.43. The Balaban J connectivity index is 1.56. The summed E-state index contributed by atoms with van der Waals surface area (Å²) in [6.07, 6.45) is 5.16. The SMILES string of the molecule is O=C(O)C1CCCC(NC(=O)C2CCc3n[nH]nc3C2)C1. The highest BCUT2D eigenvalue weighted by Crippen LogP contribution is 2.26. The maximum Gasteiger partial charge on any atom is 0.306 e. The van der Waals surface area contributed by atoms with E-state index >= 15 is 0 Å². The molecular formula is C14H20N4O3. The number of hydrogen-bond donors (Lipinski definition) is 3. The summed E-state index contributed by atoms with van der Waals surface area (Å²) in [4.78, 5) is 23.4. The zero-order valence-corrected chi connectivity index (χ0v) is 11.8. The van der Waals surface area contributed by atoms with Crippen LogP contribution in [0.15, 0.2) is 0 Å². The molecule has 7 heteroatoms. The van der Waals surface area contributed by atoms with Crippen LogP contribution < -0.4 is 5.32 Å². The fourth-order valence-electron chi connectivity index (χ4n) is 3.37. The number of aromatic nitrogens is 3. The van der Waals surface area contributed by atoms with E-state index in [4.69, 9.17) is 5.11 Å².